The van der Waals surface area contributed by atoms with E-state index in [-0.39, 0.29) is 21.3 Å². The molecular formula is C21H24N6O3S. The van der Waals surface area contributed by atoms with E-state index in [1.807, 2.05) is 19.0 Å². The van der Waals surface area contributed by atoms with Crippen molar-refractivity contribution in [3.05, 3.63) is 54.4 Å². The molecule has 0 fully saturated rings. The van der Waals surface area contributed by atoms with Gasteiger partial charge in [-0.15, -0.1) is 5.10 Å². The van der Waals surface area contributed by atoms with Crippen LogP contribution in [0.5, 0.6) is 0 Å². The fourth-order valence-electron chi connectivity index (χ4n) is 3.40. The number of hydrogen-bond donors (Lipinski definition) is 2. The second-order valence-electron chi connectivity index (χ2n) is 7.33. The lowest BCUT2D eigenvalue weighted by atomic mass is 10.1. The van der Waals surface area contributed by atoms with Gasteiger partial charge in [0.2, 0.25) is 9.84 Å². The van der Waals surface area contributed by atoms with Crippen molar-refractivity contribution in [3.8, 4) is 11.5 Å². The van der Waals surface area contributed by atoms with Gasteiger partial charge in [-0.3, -0.25) is 0 Å². The maximum absolute atomic E-state index is 13.6. The van der Waals surface area contributed by atoms with Crippen LogP contribution in [0.1, 0.15) is 5.69 Å². The van der Waals surface area contributed by atoms with Crippen molar-refractivity contribution in [2.75, 3.05) is 38.7 Å². The summed E-state index contributed by atoms with van der Waals surface area (Å²) in [4.78, 5) is 6.79. The molecule has 0 amide bonds. The lowest BCUT2D eigenvalue weighted by Gasteiger charge is -2.14. The van der Waals surface area contributed by atoms with Crippen LogP contribution in [-0.4, -0.2) is 55.6 Å². The van der Waals surface area contributed by atoms with Crippen molar-refractivity contribution in [1.29, 1.82) is 0 Å². The highest BCUT2D eigenvalue weighted by atomic mass is 32.2. The number of benzene rings is 1. The molecule has 0 aliphatic heterocycles. The summed E-state index contributed by atoms with van der Waals surface area (Å²) in [6.45, 7) is 0.691. The van der Waals surface area contributed by atoms with Gasteiger partial charge in [-0.1, -0.05) is 18.2 Å². The number of furan rings is 1. The van der Waals surface area contributed by atoms with Gasteiger partial charge in [-0.05, 0) is 38.4 Å². The number of nitrogens with two attached hydrogens (primary N) is 1. The minimum Gasteiger partial charge on any atom is -0.463 e. The molecule has 0 saturated carbocycles. The van der Waals surface area contributed by atoms with Gasteiger partial charge < -0.3 is 20.4 Å². The van der Waals surface area contributed by atoms with Crippen molar-refractivity contribution in [2.45, 2.75) is 16.2 Å². The van der Waals surface area contributed by atoms with E-state index < -0.39 is 9.84 Å². The maximum atomic E-state index is 13.6. The Morgan fingerprint density at radius 2 is 1.90 bits per heavy atom. The summed E-state index contributed by atoms with van der Waals surface area (Å²) < 4.78 is 34.2. The summed E-state index contributed by atoms with van der Waals surface area (Å²) in [5.41, 5.74) is 8.12. The molecule has 4 aromatic rings. The van der Waals surface area contributed by atoms with Crippen molar-refractivity contribution in [3.63, 3.8) is 0 Å². The Kier molecular flexibility index (Phi) is 5.42. The largest absolute Gasteiger partial charge is 0.463 e. The third-order valence-electron chi connectivity index (χ3n) is 4.97. The van der Waals surface area contributed by atoms with Crippen LogP contribution < -0.4 is 11.1 Å². The zero-order chi connectivity index (χ0) is 22.2. The molecule has 3 N–H and O–H groups in total. The number of likely N-dealkylation sites (N-methyl/N-ethyl adjacent to an activating group) is 1. The molecule has 10 heteroatoms. The summed E-state index contributed by atoms with van der Waals surface area (Å²) in [5, 5.41) is 7.42. The van der Waals surface area contributed by atoms with E-state index in [0.717, 1.165) is 0 Å². The van der Waals surface area contributed by atoms with Crippen LogP contribution in [0.25, 0.3) is 17.1 Å². The molecule has 9 nitrogen and oxygen atoms in total. The lowest BCUT2D eigenvalue weighted by Crippen LogP contribution is -2.18. The number of nitrogens with zero attached hydrogens (tertiary/aromatic N) is 4. The molecule has 0 radical (unpaired) electrons. The second kappa shape index (κ2) is 8.05. The molecule has 0 bridgehead atoms. The van der Waals surface area contributed by atoms with Crippen LogP contribution in [0, 0.1) is 0 Å². The summed E-state index contributed by atoms with van der Waals surface area (Å²) in [7, 11) is 1.63. The van der Waals surface area contributed by atoms with Gasteiger partial charge in [0.15, 0.2) is 22.1 Å². The number of nitrogen functional groups attached to an aromatic ring is 1. The standard InChI is InChI=1S/C21H24N6O3S/c1-23-20-19(31(28,29)14-8-5-4-6-9-14)21-24-18(16-10-7-13-30-16)17(22)15(27(21)25-20)11-12-26(2)3/h4-10,13H,11-12,22H2,1-3H3,(H,23,25). The Bertz CT molecular complexity index is 1310. The fourth-order valence-corrected chi connectivity index (χ4v) is 4.92. The number of anilines is 2. The smallest absolute Gasteiger partial charge is 0.214 e. The first-order valence-electron chi connectivity index (χ1n) is 9.72. The molecule has 4 rings (SSSR count). The summed E-state index contributed by atoms with van der Waals surface area (Å²) >= 11 is 0. The zero-order valence-electron chi connectivity index (χ0n) is 17.5. The van der Waals surface area contributed by atoms with Crippen LogP contribution in [0.2, 0.25) is 0 Å². The summed E-state index contributed by atoms with van der Waals surface area (Å²) in [6, 6.07) is 11.7. The van der Waals surface area contributed by atoms with Crippen molar-refractivity contribution in [1.82, 2.24) is 19.5 Å². The van der Waals surface area contributed by atoms with Gasteiger partial charge in [-0.25, -0.2) is 17.9 Å². The normalized spacial score (nSPS) is 12.0. The van der Waals surface area contributed by atoms with E-state index in [2.05, 4.69) is 15.4 Å². The first kappa shape index (κ1) is 20.9. The summed E-state index contributed by atoms with van der Waals surface area (Å²) in [6.07, 6.45) is 2.07. The third-order valence-corrected chi connectivity index (χ3v) is 6.77. The van der Waals surface area contributed by atoms with E-state index >= 15 is 0 Å². The number of hydrogen-bond acceptors (Lipinski definition) is 8. The average molecular weight is 441 g/mol. The molecule has 0 aliphatic carbocycles. The van der Waals surface area contributed by atoms with E-state index in [9.17, 15) is 8.42 Å². The van der Waals surface area contributed by atoms with E-state index in [1.165, 1.54) is 10.8 Å². The Hall–Kier alpha value is -3.37. The predicted octanol–water partition coefficient (Wildman–Crippen LogP) is 2.55. The number of fused-ring (bicyclic) bond motifs is 1. The highest BCUT2D eigenvalue weighted by Crippen LogP contribution is 2.35. The first-order chi connectivity index (χ1) is 14.8. The molecule has 1 aromatic carbocycles. The Balaban J connectivity index is 2.06. The molecule has 31 heavy (non-hydrogen) atoms. The second-order valence-corrected chi connectivity index (χ2v) is 9.22. The molecule has 3 heterocycles. The number of rotatable bonds is 7. The van der Waals surface area contributed by atoms with E-state index in [1.54, 1.807) is 49.5 Å². The van der Waals surface area contributed by atoms with Crippen LogP contribution in [0.3, 0.4) is 0 Å². The minimum atomic E-state index is -3.90. The Morgan fingerprint density at radius 1 is 1.16 bits per heavy atom. The van der Waals surface area contributed by atoms with Gasteiger partial charge in [0.1, 0.15) is 5.69 Å². The molecular weight excluding hydrogens is 416 g/mol. The lowest BCUT2D eigenvalue weighted by molar-refractivity contribution is 0.410. The minimum absolute atomic E-state index is 0.000101. The third kappa shape index (κ3) is 3.64. The zero-order valence-corrected chi connectivity index (χ0v) is 18.3. The SMILES string of the molecule is CNc1nn2c(CCN(C)C)c(N)c(-c3ccco3)nc2c1S(=O)(=O)c1ccccc1. The topological polar surface area (TPSA) is 119 Å². The number of aromatic nitrogens is 3. The highest BCUT2D eigenvalue weighted by molar-refractivity contribution is 7.91. The Morgan fingerprint density at radius 3 is 2.52 bits per heavy atom. The molecule has 0 unspecified atom stereocenters. The van der Waals surface area contributed by atoms with E-state index in [4.69, 9.17) is 10.2 Å². The fraction of sp³-hybridized carbons (Fsp3) is 0.238. The van der Waals surface area contributed by atoms with Crippen LogP contribution in [-0.2, 0) is 16.3 Å². The summed E-state index contributed by atoms with van der Waals surface area (Å²) in [5.74, 6) is 0.667. The van der Waals surface area contributed by atoms with Crippen LogP contribution >= 0.6 is 0 Å². The quantitative estimate of drug-likeness (QED) is 0.450. The molecule has 3 aromatic heterocycles. The van der Waals surface area contributed by atoms with Gasteiger partial charge in [0, 0.05) is 20.0 Å². The average Bonchev–Trinajstić information content (AvgIpc) is 3.41. The molecule has 162 valence electrons. The van der Waals surface area contributed by atoms with Gasteiger partial charge in [-0.2, -0.15) is 0 Å². The highest BCUT2D eigenvalue weighted by Gasteiger charge is 2.31. The van der Waals surface area contributed by atoms with E-state index in [0.29, 0.717) is 35.8 Å². The molecule has 0 saturated heterocycles. The van der Waals surface area contributed by atoms with Crippen LogP contribution in [0.4, 0.5) is 11.5 Å². The molecule has 0 spiro atoms. The van der Waals surface area contributed by atoms with Crippen molar-refractivity contribution >= 4 is 27.0 Å². The number of sulfone groups is 1. The van der Waals surface area contributed by atoms with Crippen molar-refractivity contribution < 1.29 is 12.8 Å². The predicted molar refractivity (Wildman–Crippen MR) is 119 cm³/mol. The number of nitrogens with one attached hydrogen (secondary N) is 1. The van der Waals surface area contributed by atoms with Crippen molar-refractivity contribution in [2.24, 2.45) is 0 Å². The monoisotopic (exact) mass is 440 g/mol. The van der Waals surface area contributed by atoms with Gasteiger partial charge >= 0.3 is 0 Å². The van der Waals surface area contributed by atoms with Gasteiger partial charge in [0.25, 0.3) is 0 Å². The van der Waals surface area contributed by atoms with Gasteiger partial charge in [0.05, 0.1) is 22.5 Å². The first-order valence-corrected chi connectivity index (χ1v) is 11.2. The molecule has 0 aliphatic rings. The van der Waals surface area contributed by atoms with Crippen LogP contribution in [0.15, 0.2) is 62.9 Å². The molecule has 0 atom stereocenters. The maximum Gasteiger partial charge on any atom is 0.214 e. The Labute approximate surface area is 180 Å².